The number of nitrogens with one attached hydrogen (secondary N) is 4. The van der Waals surface area contributed by atoms with Crippen molar-refractivity contribution in [2.45, 2.75) is 58.2 Å². The van der Waals surface area contributed by atoms with Crippen LogP contribution in [0.2, 0.25) is 0 Å². The van der Waals surface area contributed by atoms with Crippen molar-refractivity contribution in [3.05, 3.63) is 0 Å². The fourth-order valence-electron chi connectivity index (χ4n) is 2.76. The van der Waals surface area contributed by atoms with Gasteiger partial charge in [-0.25, -0.2) is 0 Å². The molecule has 0 aliphatic heterocycles. The smallest absolute Gasteiger partial charge is 0.305 e. The summed E-state index contributed by atoms with van der Waals surface area (Å²) < 4.78 is 0. The van der Waals surface area contributed by atoms with Crippen LogP contribution in [0.5, 0.6) is 0 Å². The van der Waals surface area contributed by atoms with E-state index in [2.05, 4.69) is 26.3 Å². The van der Waals surface area contributed by atoms with Crippen LogP contribution in [0.15, 0.2) is 4.99 Å². The lowest BCUT2D eigenvalue weighted by Crippen LogP contribution is -2.56. The molecule has 5 amide bonds. The fraction of sp³-hybridized carbons (Fsp3) is 0.632. The SMILES string of the molecule is CC(=O)NC(CCCN=C(N)N)C(=O)NCC(=O)N[C@@H](CC(=O)O)C(=O)N[C@H](C(N)=O)C(C)C. The zero-order chi connectivity index (χ0) is 26.4. The van der Waals surface area contributed by atoms with E-state index in [1.807, 2.05) is 0 Å². The molecule has 0 aromatic heterocycles. The molecule has 0 saturated heterocycles. The predicted molar refractivity (Wildman–Crippen MR) is 121 cm³/mol. The summed E-state index contributed by atoms with van der Waals surface area (Å²) in [5, 5.41) is 18.3. The number of hydrogen-bond acceptors (Lipinski definition) is 7. The molecule has 192 valence electrons. The average Bonchev–Trinajstić information content (AvgIpc) is 2.70. The van der Waals surface area contributed by atoms with Crippen LogP contribution in [-0.2, 0) is 28.8 Å². The molecule has 0 aromatic rings. The van der Waals surface area contributed by atoms with E-state index in [9.17, 15) is 28.8 Å². The van der Waals surface area contributed by atoms with E-state index in [-0.39, 0.29) is 24.8 Å². The van der Waals surface area contributed by atoms with E-state index in [1.54, 1.807) is 13.8 Å². The number of rotatable bonds is 15. The van der Waals surface area contributed by atoms with Crippen LogP contribution >= 0.6 is 0 Å². The van der Waals surface area contributed by atoms with Crippen LogP contribution in [0.25, 0.3) is 0 Å². The summed E-state index contributed by atoms with van der Waals surface area (Å²) in [6.45, 7) is 4.09. The first-order valence-corrected chi connectivity index (χ1v) is 10.5. The molecule has 0 rings (SSSR count). The molecule has 1 unspecified atom stereocenters. The highest BCUT2D eigenvalue weighted by molar-refractivity contribution is 5.95. The Morgan fingerprint density at radius 3 is 2.00 bits per heavy atom. The van der Waals surface area contributed by atoms with Gasteiger partial charge in [0.15, 0.2) is 5.96 Å². The second-order valence-electron chi connectivity index (χ2n) is 7.77. The van der Waals surface area contributed by atoms with Crippen LogP contribution in [0.1, 0.15) is 40.0 Å². The van der Waals surface area contributed by atoms with Gasteiger partial charge in [-0.05, 0) is 18.8 Å². The maximum atomic E-state index is 12.4. The lowest BCUT2D eigenvalue weighted by Gasteiger charge is -2.23. The zero-order valence-electron chi connectivity index (χ0n) is 19.4. The zero-order valence-corrected chi connectivity index (χ0v) is 19.4. The van der Waals surface area contributed by atoms with Crippen LogP contribution in [0, 0.1) is 5.92 Å². The van der Waals surface area contributed by atoms with E-state index in [1.165, 1.54) is 6.92 Å². The van der Waals surface area contributed by atoms with Crippen LogP contribution < -0.4 is 38.5 Å². The molecule has 0 spiro atoms. The van der Waals surface area contributed by atoms with Crippen molar-refractivity contribution in [2.75, 3.05) is 13.1 Å². The van der Waals surface area contributed by atoms with E-state index in [4.69, 9.17) is 22.3 Å². The topological polar surface area (TPSA) is 261 Å². The quantitative estimate of drug-likeness (QED) is 0.0641. The summed E-state index contributed by atoms with van der Waals surface area (Å²) >= 11 is 0. The molecular formula is C19H34N8O7. The largest absolute Gasteiger partial charge is 0.481 e. The number of nitrogens with zero attached hydrogens (tertiary/aromatic N) is 1. The van der Waals surface area contributed by atoms with Gasteiger partial charge in [-0.15, -0.1) is 0 Å². The van der Waals surface area contributed by atoms with Crippen LogP contribution in [0.3, 0.4) is 0 Å². The van der Waals surface area contributed by atoms with Crippen molar-refractivity contribution in [3.63, 3.8) is 0 Å². The minimum Gasteiger partial charge on any atom is -0.481 e. The highest BCUT2D eigenvalue weighted by Gasteiger charge is 2.29. The average molecular weight is 487 g/mol. The van der Waals surface area contributed by atoms with Crippen molar-refractivity contribution in [3.8, 4) is 0 Å². The molecule has 34 heavy (non-hydrogen) atoms. The molecule has 0 aliphatic rings. The number of aliphatic carboxylic acids is 1. The first-order valence-electron chi connectivity index (χ1n) is 10.5. The first kappa shape index (κ1) is 30.1. The Kier molecular flexibility index (Phi) is 13.3. The Bertz CT molecular complexity index is 796. The second kappa shape index (κ2) is 15.0. The van der Waals surface area contributed by atoms with E-state index >= 15 is 0 Å². The normalized spacial score (nSPS) is 13.1. The molecule has 15 heteroatoms. The molecule has 0 radical (unpaired) electrons. The summed E-state index contributed by atoms with van der Waals surface area (Å²) in [7, 11) is 0. The number of amides is 5. The summed E-state index contributed by atoms with van der Waals surface area (Å²) in [5.41, 5.74) is 15.7. The number of hydrogen-bond donors (Lipinski definition) is 8. The van der Waals surface area contributed by atoms with Gasteiger partial charge in [0, 0.05) is 13.5 Å². The lowest BCUT2D eigenvalue weighted by molar-refractivity contribution is -0.141. The summed E-state index contributed by atoms with van der Waals surface area (Å²) in [5.74, 6) is -5.63. The predicted octanol–water partition coefficient (Wildman–Crippen LogP) is -3.75. The Labute approximate surface area is 196 Å². The third-order valence-electron chi connectivity index (χ3n) is 4.36. The van der Waals surface area contributed by atoms with Gasteiger partial charge in [-0.3, -0.25) is 33.8 Å². The Balaban J connectivity index is 5.05. The van der Waals surface area contributed by atoms with Gasteiger partial charge in [0.1, 0.15) is 18.1 Å². The van der Waals surface area contributed by atoms with Gasteiger partial charge < -0.3 is 43.6 Å². The number of nitrogens with two attached hydrogens (primary N) is 3. The minimum absolute atomic E-state index is 0.118. The molecule has 15 nitrogen and oxygen atoms in total. The van der Waals surface area contributed by atoms with E-state index in [0.717, 1.165) is 0 Å². The molecule has 3 atom stereocenters. The Hall–Kier alpha value is -3.91. The third kappa shape index (κ3) is 12.8. The van der Waals surface area contributed by atoms with Crippen LogP contribution in [0.4, 0.5) is 0 Å². The number of aliphatic imine (C=N–C) groups is 1. The third-order valence-corrected chi connectivity index (χ3v) is 4.36. The van der Waals surface area contributed by atoms with E-state index < -0.39 is 66.6 Å². The molecule has 11 N–H and O–H groups in total. The fourth-order valence-corrected chi connectivity index (χ4v) is 2.76. The molecular weight excluding hydrogens is 452 g/mol. The van der Waals surface area contributed by atoms with Gasteiger partial charge in [0.05, 0.1) is 13.0 Å². The van der Waals surface area contributed by atoms with Crippen molar-refractivity contribution in [1.82, 2.24) is 21.3 Å². The molecule has 0 bridgehead atoms. The maximum Gasteiger partial charge on any atom is 0.305 e. The van der Waals surface area contributed by atoms with Crippen molar-refractivity contribution >= 4 is 41.5 Å². The highest BCUT2D eigenvalue weighted by atomic mass is 16.4. The Morgan fingerprint density at radius 1 is 0.912 bits per heavy atom. The van der Waals surface area contributed by atoms with Gasteiger partial charge in [-0.1, -0.05) is 13.8 Å². The standard InChI is InChI=1S/C19H34N8O7/c1-9(2)15(16(20)32)27-18(34)12(7-14(30)31)26-13(29)8-24-17(33)11(25-10(3)28)5-4-6-23-19(21)22/h9,11-12,15H,4-8H2,1-3H3,(H2,20,32)(H,24,33)(H,25,28)(H,26,29)(H,27,34)(H,30,31)(H4,21,22,23)/t11?,12-,15-/m0/s1. The number of carbonyl (C=O) groups is 6. The Morgan fingerprint density at radius 2 is 1.53 bits per heavy atom. The lowest BCUT2D eigenvalue weighted by atomic mass is 10.0. The second-order valence-corrected chi connectivity index (χ2v) is 7.77. The number of guanidine groups is 1. The number of carboxylic acid groups (broad SMARTS) is 1. The van der Waals surface area contributed by atoms with Crippen molar-refractivity contribution in [1.29, 1.82) is 0 Å². The monoisotopic (exact) mass is 486 g/mol. The number of carboxylic acids is 1. The molecule has 0 saturated carbocycles. The number of primary amides is 1. The van der Waals surface area contributed by atoms with E-state index in [0.29, 0.717) is 6.42 Å². The first-order chi connectivity index (χ1) is 15.7. The molecule has 0 aromatic carbocycles. The summed E-state index contributed by atoms with van der Waals surface area (Å²) in [6.07, 6.45) is -0.230. The highest BCUT2D eigenvalue weighted by Crippen LogP contribution is 2.03. The van der Waals surface area contributed by atoms with Gasteiger partial charge in [0.2, 0.25) is 29.5 Å². The maximum absolute atomic E-state index is 12.4. The van der Waals surface area contributed by atoms with Crippen molar-refractivity contribution in [2.24, 2.45) is 28.1 Å². The number of carbonyl (C=O) groups excluding carboxylic acids is 5. The van der Waals surface area contributed by atoms with Gasteiger partial charge in [-0.2, -0.15) is 0 Å². The summed E-state index contributed by atoms with van der Waals surface area (Å²) in [4.78, 5) is 74.8. The minimum atomic E-state index is -1.52. The van der Waals surface area contributed by atoms with Gasteiger partial charge >= 0.3 is 5.97 Å². The molecule has 0 aliphatic carbocycles. The van der Waals surface area contributed by atoms with Crippen LogP contribution in [-0.4, -0.2) is 77.8 Å². The van der Waals surface area contributed by atoms with Crippen molar-refractivity contribution < 1.29 is 33.9 Å². The molecule has 0 fully saturated rings. The van der Waals surface area contributed by atoms with Gasteiger partial charge in [0.25, 0.3) is 0 Å². The summed E-state index contributed by atoms with van der Waals surface area (Å²) in [6, 6.07) is -3.56. The molecule has 0 heterocycles.